The number of rotatable bonds is 2. The molecule has 0 aliphatic heterocycles. The molecule has 4 heteroatoms. The van der Waals surface area contributed by atoms with Crippen LogP contribution in [-0.2, 0) is 0 Å². The molecule has 0 saturated heterocycles. The van der Waals surface area contributed by atoms with Crippen molar-refractivity contribution in [1.29, 1.82) is 0 Å². The minimum absolute atomic E-state index is 0.667. The Labute approximate surface area is 105 Å². The summed E-state index contributed by atoms with van der Waals surface area (Å²) in [6.07, 6.45) is 0. The van der Waals surface area contributed by atoms with Crippen LogP contribution in [0.5, 0.6) is 0 Å². The summed E-state index contributed by atoms with van der Waals surface area (Å²) in [5.74, 6) is 0.667. The van der Waals surface area contributed by atoms with E-state index in [9.17, 15) is 0 Å². The number of hydrogen-bond donors (Lipinski definition) is 1. The Morgan fingerprint density at radius 2 is 1.78 bits per heavy atom. The highest BCUT2D eigenvalue weighted by molar-refractivity contribution is 5.80. The lowest BCUT2D eigenvalue weighted by Gasteiger charge is -2.07. The van der Waals surface area contributed by atoms with E-state index in [0.29, 0.717) is 5.82 Å². The quantitative estimate of drug-likeness (QED) is 0.743. The molecule has 0 unspecified atom stereocenters. The van der Waals surface area contributed by atoms with Crippen LogP contribution in [0.15, 0.2) is 48.5 Å². The van der Waals surface area contributed by atoms with E-state index in [4.69, 9.17) is 0 Å². The lowest BCUT2D eigenvalue weighted by molar-refractivity contribution is 0.881. The second-order valence-electron chi connectivity index (χ2n) is 4.00. The van der Waals surface area contributed by atoms with E-state index in [2.05, 4.69) is 33.6 Å². The van der Waals surface area contributed by atoms with Crippen molar-refractivity contribution in [1.82, 2.24) is 20.6 Å². The summed E-state index contributed by atoms with van der Waals surface area (Å²) in [6, 6.07) is 16.1. The van der Waals surface area contributed by atoms with Crippen LogP contribution in [-0.4, -0.2) is 20.6 Å². The summed E-state index contributed by atoms with van der Waals surface area (Å²) in [5.41, 5.74) is 4.15. The third-order valence-electron chi connectivity index (χ3n) is 2.77. The van der Waals surface area contributed by atoms with E-state index in [1.54, 1.807) is 0 Å². The van der Waals surface area contributed by atoms with Crippen LogP contribution in [0.2, 0.25) is 0 Å². The molecule has 3 rings (SSSR count). The molecule has 0 fully saturated rings. The number of nitrogens with zero attached hydrogens (tertiary/aromatic N) is 3. The van der Waals surface area contributed by atoms with E-state index in [0.717, 1.165) is 22.3 Å². The maximum absolute atomic E-state index is 3.96. The van der Waals surface area contributed by atoms with Gasteiger partial charge >= 0.3 is 0 Å². The van der Waals surface area contributed by atoms with Gasteiger partial charge in [0.05, 0.1) is 0 Å². The molecule has 0 spiro atoms. The largest absolute Gasteiger partial charge is 0.239 e. The van der Waals surface area contributed by atoms with Gasteiger partial charge in [-0.3, -0.25) is 0 Å². The fourth-order valence-electron chi connectivity index (χ4n) is 1.95. The molecule has 1 heterocycles. The van der Waals surface area contributed by atoms with E-state index in [1.165, 1.54) is 0 Å². The first-order chi connectivity index (χ1) is 8.84. The molecule has 1 radical (unpaired) electrons. The zero-order valence-corrected chi connectivity index (χ0v) is 9.67. The summed E-state index contributed by atoms with van der Waals surface area (Å²) >= 11 is 0. The predicted molar refractivity (Wildman–Crippen MR) is 69.5 cm³/mol. The zero-order chi connectivity index (χ0) is 12.4. The zero-order valence-electron chi connectivity index (χ0n) is 9.67. The van der Waals surface area contributed by atoms with Crippen molar-refractivity contribution in [2.75, 3.05) is 0 Å². The molecule has 1 aromatic heterocycles. The highest BCUT2D eigenvalue weighted by Crippen LogP contribution is 2.29. The van der Waals surface area contributed by atoms with Crippen LogP contribution in [0.1, 0.15) is 5.56 Å². The normalized spacial score (nSPS) is 10.5. The van der Waals surface area contributed by atoms with Gasteiger partial charge in [0.25, 0.3) is 0 Å². The number of benzene rings is 2. The van der Waals surface area contributed by atoms with Crippen LogP contribution in [0.4, 0.5) is 0 Å². The van der Waals surface area contributed by atoms with Crippen LogP contribution >= 0.6 is 0 Å². The predicted octanol–water partition coefficient (Wildman–Crippen LogP) is 2.72. The lowest BCUT2D eigenvalue weighted by Crippen LogP contribution is -1.87. The van der Waals surface area contributed by atoms with Gasteiger partial charge in [0, 0.05) is 5.56 Å². The second kappa shape index (κ2) is 4.41. The monoisotopic (exact) mass is 235 g/mol. The third kappa shape index (κ3) is 1.88. The molecule has 87 valence electrons. The van der Waals surface area contributed by atoms with Crippen LogP contribution in [0, 0.1) is 6.92 Å². The molecular formula is C14H11N4. The van der Waals surface area contributed by atoms with Crippen molar-refractivity contribution < 1.29 is 0 Å². The Morgan fingerprint density at radius 1 is 0.944 bits per heavy atom. The van der Waals surface area contributed by atoms with Crippen molar-refractivity contribution in [3.05, 3.63) is 61.0 Å². The van der Waals surface area contributed by atoms with E-state index in [-0.39, 0.29) is 0 Å². The molecular weight excluding hydrogens is 224 g/mol. The summed E-state index contributed by atoms with van der Waals surface area (Å²) in [6.45, 7) is 3.95. The summed E-state index contributed by atoms with van der Waals surface area (Å²) in [4.78, 5) is 0. The molecule has 4 nitrogen and oxygen atoms in total. The molecule has 0 atom stereocenters. The van der Waals surface area contributed by atoms with Gasteiger partial charge in [0.15, 0.2) is 5.82 Å². The first-order valence-corrected chi connectivity index (χ1v) is 5.60. The van der Waals surface area contributed by atoms with E-state index >= 15 is 0 Å². The number of hydrogen-bond acceptors (Lipinski definition) is 3. The van der Waals surface area contributed by atoms with Gasteiger partial charge in [-0.15, -0.1) is 5.10 Å². The Morgan fingerprint density at radius 3 is 2.50 bits per heavy atom. The number of H-pyrrole nitrogens is 1. The molecule has 2 aromatic carbocycles. The third-order valence-corrected chi connectivity index (χ3v) is 2.77. The number of nitrogens with one attached hydrogen (secondary N) is 1. The smallest absolute Gasteiger partial charge is 0.180 e. The number of aromatic nitrogens is 4. The maximum Gasteiger partial charge on any atom is 0.180 e. The van der Waals surface area contributed by atoms with Gasteiger partial charge < -0.3 is 0 Å². The molecule has 3 aromatic rings. The Bertz CT molecular complexity index is 659. The molecule has 0 bridgehead atoms. The van der Waals surface area contributed by atoms with Gasteiger partial charge in [-0.05, 0) is 34.0 Å². The summed E-state index contributed by atoms with van der Waals surface area (Å²) in [5, 5.41) is 14.0. The lowest BCUT2D eigenvalue weighted by atomic mass is 9.98. The number of tetrazole rings is 1. The fourth-order valence-corrected chi connectivity index (χ4v) is 1.95. The van der Waals surface area contributed by atoms with Crippen molar-refractivity contribution in [2.45, 2.75) is 0 Å². The Balaban J connectivity index is 2.18. The summed E-state index contributed by atoms with van der Waals surface area (Å²) < 4.78 is 0. The minimum atomic E-state index is 0.667. The molecule has 0 saturated carbocycles. The topological polar surface area (TPSA) is 54.5 Å². The molecule has 0 aliphatic carbocycles. The molecule has 1 N–H and O–H groups in total. The highest BCUT2D eigenvalue weighted by Gasteiger charge is 2.09. The van der Waals surface area contributed by atoms with Crippen LogP contribution in [0.25, 0.3) is 22.5 Å². The minimum Gasteiger partial charge on any atom is -0.239 e. The van der Waals surface area contributed by atoms with Crippen LogP contribution < -0.4 is 0 Å². The Kier molecular flexibility index (Phi) is 2.61. The Hall–Kier alpha value is -2.49. The fraction of sp³-hybridized carbons (Fsp3) is 0. The average molecular weight is 235 g/mol. The SMILES string of the molecule is [CH2]c1cccc(-c2ccccc2-c2nnn[nH]2)c1. The van der Waals surface area contributed by atoms with E-state index in [1.807, 2.05) is 42.5 Å². The summed E-state index contributed by atoms with van der Waals surface area (Å²) in [7, 11) is 0. The first kappa shape index (κ1) is 10.7. The van der Waals surface area contributed by atoms with Crippen molar-refractivity contribution in [2.24, 2.45) is 0 Å². The van der Waals surface area contributed by atoms with Gasteiger partial charge in [-0.1, -0.05) is 48.5 Å². The molecule has 0 aliphatic rings. The van der Waals surface area contributed by atoms with E-state index < -0.39 is 0 Å². The van der Waals surface area contributed by atoms with Crippen molar-refractivity contribution in [3.63, 3.8) is 0 Å². The molecule has 0 amide bonds. The number of aromatic amines is 1. The van der Waals surface area contributed by atoms with Gasteiger partial charge in [-0.25, -0.2) is 5.10 Å². The maximum atomic E-state index is 3.96. The van der Waals surface area contributed by atoms with Gasteiger partial charge in [-0.2, -0.15) is 0 Å². The van der Waals surface area contributed by atoms with Crippen molar-refractivity contribution >= 4 is 0 Å². The van der Waals surface area contributed by atoms with Crippen LogP contribution in [0.3, 0.4) is 0 Å². The molecule has 18 heavy (non-hydrogen) atoms. The van der Waals surface area contributed by atoms with Crippen molar-refractivity contribution in [3.8, 4) is 22.5 Å². The first-order valence-electron chi connectivity index (χ1n) is 5.60. The standard InChI is InChI=1S/C14H11N4/c1-10-5-4-6-11(9-10)12-7-2-3-8-13(12)14-15-17-18-16-14/h2-9H,1H2,(H,15,16,17,18). The average Bonchev–Trinajstić information content (AvgIpc) is 2.92. The van der Waals surface area contributed by atoms with Gasteiger partial charge in [0.1, 0.15) is 0 Å². The van der Waals surface area contributed by atoms with Gasteiger partial charge in [0.2, 0.25) is 0 Å². The second-order valence-corrected chi connectivity index (χ2v) is 4.00. The highest BCUT2D eigenvalue weighted by atomic mass is 15.5.